The highest BCUT2D eigenvalue weighted by Crippen LogP contribution is 2.52. The standard InChI is InChI=1S/C24H25ClF3NO6S2/c1-12-5-15-6-13(11-35-36(2,31)32)7-17(12)23(15)37(33,34)21-8-14(3-4-18(21)25)24(30)29-16-9-19(26)22(28)20(27)10-16/h3-4,8-10,12-13,15,17,23H,5-7,11H2,1-2H3,(H,29,30)/t12-,13-,15?,17?,23+/m0/s1. The number of halogens is 4. The van der Waals surface area contributed by atoms with Crippen LogP contribution in [0, 0.1) is 41.1 Å². The minimum Gasteiger partial charge on any atom is -0.322 e. The number of benzene rings is 2. The number of carbonyl (C=O) groups excluding carboxylic acids is 1. The van der Waals surface area contributed by atoms with Gasteiger partial charge in [-0.05, 0) is 61.1 Å². The molecule has 0 aliphatic heterocycles. The van der Waals surface area contributed by atoms with E-state index in [0.717, 1.165) is 12.3 Å². The third-order valence-corrected chi connectivity index (χ3v) is 10.6. The van der Waals surface area contributed by atoms with Crippen LogP contribution in [-0.4, -0.2) is 40.9 Å². The Bertz CT molecular complexity index is 1430. The van der Waals surface area contributed by atoms with Gasteiger partial charge in [-0.25, -0.2) is 21.6 Å². The molecule has 5 atom stereocenters. The summed E-state index contributed by atoms with van der Waals surface area (Å²) in [5.41, 5.74) is -0.467. The van der Waals surface area contributed by atoms with Gasteiger partial charge in [0.1, 0.15) is 0 Å². The topological polar surface area (TPSA) is 107 Å². The summed E-state index contributed by atoms with van der Waals surface area (Å²) in [7, 11) is -7.64. The van der Waals surface area contributed by atoms with Crippen molar-refractivity contribution in [2.75, 3.05) is 18.2 Å². The maximum atomic E-state index is 13.8. The molecule has 0 spiro atoms. The van der Waals surface area contributed by atoms with E-state index in [0.29, 0.717) is 31.4 Å². The van der Waals surface area contributed by atoms with Crippen LogP contribution in [0.4, 0.5) is 18.9 Å². The molecule has 1 amide bonds. The number of sulfone groups is 1. The average Bonchev–Trinajstić information content (AvgIpc) is 3.01. The molecule has 13 heteroatoms. The first kappa shape index (κ1) is 27.9. The first-order valence-electron chi connectivity index (χ1n) is 11.5. The first-order chi connectivity index (χ1) is 17.2. The van der Waals surface area contributed by atoms with Crippen molar-refractivity contribution in [3.8, 4) is 0 Å². The quantitative estimate of drug-likeness (QED) is 0.373. The van der Waals surface area contributed by atoms with Crippen LogP contribution < -0.4 is 5.32 Å². The maximum Gasteiger partial charge on any atom is 0.264 e. The van der Waals surface area contributed by atoms with E-state index in [1.807, 2.05) is 6.92 Å². The summed E-state index contributed by atoms with van der Waals surface area (Å²) < 4.78 is 95.6. The normalized spacial score (nSPS) is 25.7. The van der Waals surface area contributed by atoms with E-state index in [-0.39, 0.29) is 51.4 Å². The summed E-state index contributed by atoms with van der Waals surface area (Å²) in [6, 6.07) is 4.85. The Hall–Kier alpha value is -2.15. The molecule has 2 aromatic carbocycles. The van der Waals surface area contributed by atoms with Crippen LogP contribution in [-0.2, 0) is 24.1 Å². The molecular weight excluding hydrogens is 555 g/mol. The third-order valence-electron chi connectivity index (χ3n) is 7.15. The monoisotopic (exact) mass is 579 g/mol. The lowest BCUT2D eigenvalue weighted by Gasteiger charge is -2.35. The first-order valence-corrected chi connectivity index (χ1v) is 15.2. The smallest absolute Gasteiger partial charge is 0.264 e. The fourth-order valence-electron chi connectivity index (χ4n) is 5.65. The van der Waals surface area contributed by atoms with Gasteiger partial charge in [-0.15, -0.1) is 0 Å². The average molecular weight is 580 g/mol. The van der Waals surface area contributed by atoms with E-state index in [4.69, 9.17) is 15.8 Å². The van der Waals surface area contributed by atoms with Crippen LogP contribution in [0.1, 0.15) is 36.5 Å². The van der Waals surface area contributed by atoms with Crippen LogP contribution in [0.3, 0.4) is 0 Å². The Labute approximate surface area is 218 Å². The van der Waals surface area contributed by atoms with Gasteiger partial charge in [0, 0.05) is 23.4 Å². The van der Waals surface area contributed by atoms with Crippen LogP contribution in [0.2, 0.25) is 5.02 Å². The number of carbonyl (C=O) groups is 1. The van der Waals surface area contributed by atoms with E-state index >= 15 is 0 Å². The largest absolute Gasteiger partial charge is 0.322 e. The summed E-state index contributed by atoms with van der Waals surface area (Å²) in [4.78, 5) is 12.5. The molecule has 7 nitrogen and oxygen atoms in total. The minimum atomic E-state index is -4.02. The molecule has 2 unspecified atom stereocenters. The summed E-state index contributed by atoms with van der Waals surface area (Å²) in [5, 5.41) is 1.38. The minimum absolute atomic E-state index is 0.00763. The molecule has 2 bridgehead atoms. The van der Waals surface area contributed by atoms with Gasteiger partial charge in [0.15, 0.2) is 27.3 Å². The van der Waals surface area contributed by atoms with E-state index < -0.39 is 48.6 Å². The van der Waals surface area contributed by atoms with Gasteiger partial charge in [0.05, 0.1) is 28.0 Å². The highest BCUT2D eigenvalue weighted by Gasteiger charge is 2.53. The molecule has 2 aliphatic carbocycles. The number of hydrogen-bond acceptors (Lipinski definition) is 6. The van der Waals surface area contributed by atoms with Gasteiger partial charge in [-0.2, -0.15) is 8.42 Å². The van der Waals surface area contributed by atoms with Gasteiger partial charge in [-0.3, -0.25) is 8.98 Å². The van der Waals surface area contributed by atoms with Crippen molar-refractivity contribution in [1.29, 1.82) is 0 Å². The lowest BCUT2D eigenvalue weighted by molar-refractivity contribution is 0.102. The lowest BCUT2D eigenvalue weighted by Crippen LogP contribution is -2.39. The zero-order chi connectivity index (χ0) is 27.3. The van der Waals surface area contributed by atoms with Crippen molar-refractivity contribution in [2.24, 2.45) is 23.7 Å². The Morgan fingerprint density at radius 3 is 2.30 bits per heavy atom. The molecule has 4 rings (SSSR count). The fraction of sp³-hybridized carbons (Fsp3) is 0.458. The summed E-state index contributed by atoms with van der Waals surface area (Å²) in [6.45, 7) is 1.95. The zero-order valence-corrected chi connectivity index (χ0v) is 22.3. The van der Waals surface area contributed by atoms with Crippen molar-refractivity contribution in [3.05, 3.63) is 58.4 Å². The molecule has 0 aromatic heterocycles. The second-order valence-electron chi connectivity index (χ2n) is 9.83. The van der Waals surface area contributed by atoms with E-state index in [1.165, 1.54) is 12.1 Å². The highest BCUT2D eigenvalue weighted by atomic mass is 35.5. The van der Waals surface area contributed by atoms with Gasteiger partial charge in [0.25, 0.3) is 16.0 Å². The van der Waals surface area contributed by atoms with Gasteiger partial charge in [0.2, 0.25) is 0 Å². The number of hydrogen-bond donors (Lipinski definition) is 1. The van der Waals surface area contributed by atoms with Crippen molar-refractivity contribution >= 4 is 43.2 Å². The molecule has 202 valence electrons. The van der Waals surface area contributed by atoms with E-state index in [2.05, 4.69) is 5.32 Å². The van der Waals surface area contributed by atoms with Gasteiger partial charge >= 0.3 is 0 Å². The molecule has 2 fully saturated rings. The predicted molar refractivity (Wildman–Crippen MR) is 131 cm³/mol. The number of rotatable bonds is 7. The molecule has 2 aliphatic rings. The SMILES string of the molecule is C[C@H]1CC2C[C@H](COS(C)(=O)=O)CC1[C@@H]2S(=O)(=O)c1cc(C(=O)Nc2cc(F)c(F)c(F)c2)ccc1Cl. The number of fused-ring (bicyclic) bond motifs is 2. The van der Waals surface area contributed by atoms with Crippen molar-refractivity contribution in [1.82, 2.24) is 0 Å². The van der Waals surface area contributed by atoms with Crippen LogP contribution in [0.5, 0.6) is 0 Å². The van der Waals surface area contributed by atoms with Gasteiger partial charge < -0.3 is 5.32 Å². The molecule has 2 saturated carbocycles. The lowest BCUT2D eigenvalue weighted by atomic mass is 9.80. The Morgan fingerprint density at radius 2 is 1.70 bits per heavy atom. The number of nitrogens with one attached hydrogen (secondary N) is 1. The van der Waals surface area contributed by atoms with Crippen molar-refractivity contribution < 1.29 is 39.0 Å². The Balaban J connectivity index is 1.59. The summed E-state index contributed by atoms with van der Waals surface area (Å²) in [6.07, 6.45) is 2.55. The van der Waals surface area contributed by atoms with Crippen molar-refractivity contribution in [3.63, 3.8) is 0 Å². The summed E-state index contributed by atoms with van der Waals surface area (Å²) in [5.74, 6) is -6.06. The maximum absolute atomic E-state index is 13.8. The summed E-state index contributed by atoms with van der Waals surface area (Å²) >= 11 is 6.27. The molecule has 37 heavy (non-hydrogen) atoms. The molecule has 0 saturated heterocycles. The van der Waals surface area contributed by atoms with Crippen LogP contribution >= 0.6 is 11.6 Å². The Kier molecular flexibility index (Phi) is 7.68. The Morgan fingerprint density at radius 1 is 1.05 bits per heavy atom. The fourth-order valence-corrected chi connectivity index (χ4v) is 9.02. The number of amides is 1. The predicted octanol–water partition coefficient (Wildman–Crippen LogP) is 4.81. The molecular formula is C24H25ClF3NO6S2. The van der Waals surface area contributed by atoms with E-state index in [9.17, 15) is 34.8 Å². The van der Waals surface area contributed by atoms with E-state index in [1.54, 1.807) is 0 Å². The van der Waals surface area contributed by atoms with Crippen LogP contribution in [0.15, 0.2) is 35.2 Å². The second-order valence-corrected chi connectivity index (χ2v) is 14.0. The van der Waals surface area contributed by atoms with Crippen molar-refractivity contribution in [2.45, 2.75) is 36.3 Å². The van der Waals surface area contributed by atoms with Gasteiger partial charge in [-0.1, -0.05) is 18.5 Å². The number of anilines is 1. The third kappa shape index (κ3) is 5.81. The zero-order valence-electron chi connectivity index (χ0n) is 19.9. The molecule has 1 N–H and O–H groups in total. The second kappa shape index (κ2) is 10.2. The molecule has 0 heterocycles. The molecule has 2 aromatic rings. The van der Waals surface area contributed by atoms with Crippen LogP contribution in [0.25, 0.3) is 0 Å². The molecule has 0 radical (unpaired) electrons. The highest BCUT2D eigenvalue weighted by molar-refractivity contribution is 7.92.